The summed E-state index contributed by atoms with van der Waals surface area (Å²) in [4.78, 5) is 11.9. The van der Waals surface area contributed by atoms with E-state index in [1.807, 2.05) is 20.8 Å². The highest BCUT2D eigenvalue weighted by Crippen LogP contribution is 2.31. The predicted molar refractivity (Wildman–Crippen MR) is 66.6 cm³/mol. The van der Waals surface area contributed by atoms with Crippen LogP contribution in [0.1, 0.15) is 26.3 Å². The summed E-state index contributed by atoms with van der Waals surface area (Å²) in [5.74, 6) is 0.352. The number of carbonyl (C=O) groups is 1. The topological polar surface area (TPSA) is 55.8 Å². The molecule has 0 fully saturated rings. The molecular formula is C14H18O4. The van der Waals surface area contributed by atoms with Crippen molar-refractivity contribution in [2.45, 2.75) is 32.8 Å². The number of phenols is 1. The maximum Gasteiger partial charge on any atom is 0.313 e. The Bertz CT molecular complexity index is 459. The SMILES string of the molecule is CC(C)(C)OC(=O)C1COc2ccc(O)cc2C1. The molecule has 1 aliphatic heterocycles. The van der Waals surface area contributed by atoms with E-state index in [1.54, 1.807) is 18.2 Å². The zero-order valence-corrected chi connectivity index (χ0v) is 10.9. The molecule has 0 saturated carbocycles. The van der Waals surface area contributed by atoms with Crippen LogP contribution < -0.4 is 4.74 Å². The summed E-state index contributed by atoms with van der Waals surface area (Å²) in [5, 5.41) is 9.43. The van der Waals surface area contributed by atoms with Gasteiger partial charge in [-0.1, -0.05) is 0 Å². The summed E-state index contributed by atoms with van der Waals surface area (Å²) >= 11 is 0. The average Bonchev–Trinajstić information content (AvgIpc) is 2.25. The molecule has 0 spiro atoms. The second kappa shape index (κ2) is 4.52. The van der Waals surface area contributed by atoms with Crippen LogP contribution in [0.15, 0.2) is 18.2 Å². The van der Waals surface area contributed by atoms with Gasteiger partial charge in [0.1, 0.15) is 23.7 Å². The smallest absolute Gasteiger partial charge is 0.313 e. The van der Waals surface area contributed by atoms with Crippen molar-refractivity contribution in [3.63, 3.8) is 0 Å². The lowest BCUT2D eigenvalue weighted by Crippen LogP contribution is -2.34. The minimum absolute atomic E-state index is 0.183. The maximum absolute atomic E-state index is 11.9. The Morgan fingerprint density at radius 1 is 1.44 bits per heavy atom. The molecule has 0 bridgehead atoms. The first kappa shape index (κ1) is 12.7. The minimum atomic E-state index is -0.490. The van der Waals surface area contributed by atoms with E-state index in [2.05, 4.69) is 0 Å². The van der Waals surface area contributed by atoms with Crippen molar-refractivity contribution < 1.29 is 19.4 Å². The van der Waals surface area contributed by atoms with Crippen LogP contribution in [0.4, 0.5) is 0 Å². The van der Waals surface area contributed by atoms with E-state index in [-0.39, 0.29) is 17.6 Å². The van der Waals surface area contributed by atoms with E-state index in [4.69, 9.17) is 9.47 Å². The molecule has 0 aromatic heterocycles. The number of ether oxygens (including phenoxy) is 2. The van der Waals surface area contributed by atoms with Gasteiger partial charge in [-0.05, 0) is 51.0 Å². The molecule has 0 saturated heterocycles. The van der Waals surface area contributed by atoms with Gasteiger partial charge in [0.25, 0.3) is 0 Å². The summed E-state index contributed by atoms with van der Waals surface area (Å²) in [7, 11) is 0. The van der Waals surface area contributed by atoms with Gasteiger partial charge in [-0.3, -0.25) is 4.79 Å². The normalized spacial score (nSPS) is 18.7. The molecule has 4 heteroatoms. The second-order valence-electron chi connectivity index (χ2n) is 5.54. The molecule has 1 aliphatic rings. The third-order valence-corrected chi connectivity index (χ3v) is 2.69. The monoisotopic (exact) mass is 250 g/mol. The van der Waals surface area contributed by atoms with Gasteiger partial charge in [0, 0.05) is 0 Å². The summed E-state index contributed by atoms with van der Waals surface area (Å²) in [6, 6.07) is 4.93. The Morgan fingerprint density at radius 3 is 2.83 bits per heavy atom. The number of phenolic OH excluding ortho intramolecular Hbond substituents is 1. The zero-order valence-electron chi connectivity index (χ0n) is 10.9. The molecule has 0 aliphatic carbocycles. The number of fused-ring (bicyclic) bond motifs is 1. The Hall–Kier alpha value is -1.71. The Labute approximate surface area is 107 Å². The fourth-order valence-corrected chi connectivity index (χ4v) is 1.92. The van der Waals surface area contributed by atoms with Gasteiger partial charge in [-0.2, -0.15) is 0 Å². The molecule has 0 radical (unpaired) electrons. The molecule has 1 N–H and O–H groups in total. The minimum Gasteiger partial charge on any atom is -0.508 e. The summed E-state index contributed by atoms with van der Waals surface area (Å²) < 4.78 is 10.9. The summed E-state index contributed by atoms with van der Waals surface area (Å²) in [5.41, 5.74) is 0.355. The molecule has 1 aromatic carbocycles. The van der Waals surface area contributed by atoms with Crippen LogP contribution in [0.25, 0.3) is 0 Å². The first-order chi connectivity index (χ1) is 8.35. The van der Waals surface area contributed by atoms with E-state index in [0.717, 1.165) is 11.3 Å². The Kier molecular flexibility index (Phi) is 3.20. The lowest BCUT2D eigenvalue weighted by Gasteiger charge is -2.27. The van der Waals surface area contributed by atoms with Crippen molar-refractivity contribution in [2.24, 2.45) is 5.92 Å². The maximum atomic E-state index is 11.9. The molecule has 1 heterocycles. The summed E-state index contributed by atoms with van der Waals surface area (Å²) in [6.45, 7) is 5.85. The fourth-order valence-electron chi connectivity index (χ4n) is 1.92. The van der Waals surface area contributed by atoms with Crippen molar-refractivity contribution in [3.8, 4) is 11.5 Å². The molecule has 98 valence electrons. The third-order valence-electron chi connectivity index (χ3n) is 2.69. The van der Waals surface area contributed by atoms with Crippen molar-refractivity contribution in [1.29, 1.82) is 0 Å². The molecule has 0 amide bonds. The van der Waals surface area contributed by atoms with Crippen LogP contribution >= 0.6 is 0 Å². The third kappa shape index (κ3) is 2.94. The number of carbonyl (C=O) groups excluding carboxylic acids is 1. The van der Waals surface area contributed by atoms with E-state index in [1.165, 1.54) is 0 Å². The highest BCUT2D eigenvalue weighted by atomic mass is 16.6. The molecule has 18 heavy (non-hydrogen) atoms. The van der Waals surface area contributed by atoms with Crippen molar-refractivity contribution in [1.82, 2.24) is 0 Å². The van der Waals surface area contributed by atoms with Gasteiger partial charge < -0.3 is 14.6 Å². The summed E-state index contributed by atoms with van der Waals surface area (Å²) in [6.07, 6.45) is 0.540. The molecule has 1 atom stereocenters. The van der Waals surface area contributed by atoms with Crippen LogP contribution in [-0.4, -0.2) is 23.3 Å². The van der Waals surface area contributed by atoms with Crippen molar-refractivity contribution in [3.05, 3.63) is 23.8 Å². The zero-order chi connectivity index (χ0) is 13.3. The standard InChI is InChI=1S/C14H18O4/c1-14(2,3)18-13(16)10-6-9-7-11(15)4-5-12(9)17-8-10/h4-5,7,10,15H,6,8H2,1-3H3. The molecule has 4 nitrogen and oxygen atoms in total. The predicted octanol–water partition coefficient (Wildman–Crippen LogP) is 2.29. The van der Waals surface area contributed by atoms with Crippen LogP contribution in [0.3, 0.4) is 0 Å². The highest BCUT2D eigenvalue weighted by molar-refractivity contribution is 5.74. The lowest BCUT2D eigenvalue weighted by atomic mass is 9.96. The van der Waals surface area contributed by atoms with Gasteiger partial charge in [-0.25, -0.2) is 0 Å². The van der Waals surface area contributed by atoms with Gasteiger partial charge >= 0.3 is 5.97 Å². The number of hydrogen-bond donors (Lipinski definition) is 1. The van der Waals surface area contributed by atoms with Gasteiger partial charge in [-0.15, -0.1) is 0 Å². The number of rotatable bonds is 1. The molecular weight excluding hydrogens is 232 g/mol. The van der Waals surface area contributed by atoms with Crippen molar-refractivity contribution in [2.75, 3.05) is 6.61 Å². The van der Waals surface area contributed by atoms with Crippen LogP contribution in [-0.2, 0) is 16.0 Å². The average molecular weight is 250 g/mol. The second-order valence-corrected chi connectivity index (χ2v) is 5.54. The van der Waals surface area contributed by atoms with Crippen LogP contribution in [0.5, 0.6) is 11.5 Å². The molecule has 1 unspecified atom stereocenters. The number of hydrogen-bond acceptors (Lipinski definition) is 4. The molecule has 1 aromatic rings. The Morgan fingerprint density at radius 2 is 2.17 bits per heavy atom. The largest absolute Gasteiger partial charge is 0.508 e. The van der Waals surface area contributed by atoms with E-state index < -0.39 is 5.60 Å². The van der Waals surface area contributed by atoms with Crippen LogP contribution in [0, 0.1) is 5.92 Å². The first-order valence-electron chi connectivity index (χ1n) is 6.03. The highest BCUT2D eigenvalue weighted by Gasteiger charge is 2.30. The Balaban J connectivity index is 2.09. The number of aromatic hydroxyl groups is 1. The van der Waals surface area contributed by atoms with E-state index in [9.17, 15) is 9.90 Å². The van der Waals surface area contributed by atoms with E-state index >= 15 is 0 Å². The van der Waals surface area contributed by atoms with Gasteiger partial charge in [0.15, 0.2) is 0 Å². The van der Waals surface area contributed by atoms with E-state index in [0.29, 0.717) is 13.0 Å². The van der Waals surface area contributed by atoms with Gasteiger partial charge in [0.05, 0.1) is 5.92 Å². The van der Waals surface area contributed by atoms with Crippen molar-refractivity contribution >= 4 is 5.97 Å². The number of benzene rings is 1. The van der Waals surface area contributed by atoms with Crippen LogP contribution in [0.2, 0.25) is 0 Å². The molecule has 2 rings (SSSR count). The van der Waals surface area contributed by atoms with Gasteiger partial charge in [0.2, 0.25) is 0 Å². The lowest BCUT2D eigenvalue weighted by molar-refractivity contribution is -0.161. The number of esters is 1. The fraction of sp³-hybridized carbons (Fsp3) is 0.500. The first-order valence-corrected chi connectivity index (χ1v) is 6.03. The quantitative estimate of drug-likeness (QED) is 0.777.